The van der Waals surface area contributed by atoms with Gasteiger partial charge in [-0.25, -0.2) is 4.18 Å². The van der Waals surface area contributed by atoms with E-state index in [-0.39, 0.29) is 32.1 Å². The number of rotatable bonds is 5. The molecule has 7 nitrogen and oxygen atoms in total. The molecule has 1 amide bonds. The third-order valence-corrected chi connectivity index (χ3v) is 7.96. The van der Waals surface area contributed by atoms with Gasteiger partial charge >= 0.3 is 17.4 Å². The van der Waals surface area contributed by atoms with Crippen LogP contribution in [0.5, 0.6) is 0 Å². The number of carboxylic acids is 1. The summed E-state index contributed by atoms with van der Waals surface area (Å²) in [5, 5.41) is 12.1. The highest BCUT2D eigenvalue weighted by molar-refractivity contribution is 7.74. The van der Waals surface area contributed by atoms with Crippen molar-refractivity contribution in [2.75, 3.05) is 13.2 Å². The van der Waals surface area contributed by atoms with Crippen LogP contribution in [0.25, 0.3) is 11.1 Å². The number of carbonyl (C=O) groups is 2. The molecule has 0 N–H and O–H groups in total. The van der Waals surface area contributed by atoms with Gasteiger partial charge in [0.1, 0.15) is 19.1 Å². The predicted molar refractivity (Wildman–Crippen MR) is 123 cm³/mol. The van der Waals surface area contributed by atoms with Gasteiger partial charge in [-0.05, 0) is 22.3 Å². The normalized spacial score (nSPS) is 23.6. The van der Waals surface area contributed by atoms with Gasteiger partial charge in [-0.3, -0.25) is 0 Å². The lowest BCUT2D eigenvalue weighted by Crippen LogP contribution is -2.67. The molecule has 0 aromatic heterocycles. The van der Waals surface area contributed by atoms with Crippen molar-refractivity contribution in [1.29, 1.82) is 0 Å². The molecule has 0 bridgehead atoms. The van der Waals surface area contributed by atoms with Gasteiger partial charge in [-0.2, -0.15) is 9.00 Å². The van der Waals surface area contributed by atoms with Crippen molar-refractivity contribution in [3.05, 3.63) is 95.6 Å². The van der Waals surface area contributed by atoms with E-state index >= 15 is 0 Å². The van der Waals surface area contributed by atoms with E-state index in [9.17, 15) is 18.9 Å². The molecule has 1 heterocycles. The summed E-state index contributed by atoms with van der Waals surface area (Å²) in [5.74, 6) is -1.67. The van der Waals surface area contributed by atoms with Crippen molar-refractivity contribution in [3.63, 3.8) is 0 Å². The molecule has 2 aliphatic rings. The Labute approximate surface area is 199 Å². The summed E-state index contributed by atoms with van der Waals surface area (Å²) in [7, 11) is 0. The molecule has 5 rings (SSSR count). The second kappa shape index (κ2) is 9.13. The molecule has 1 aliphatic carbocycles. The van der Waals surface area contributed by atoms with E-state index in [0.717, 1.165) is 22.3 Å². The Morgan fingerprint density at radius 3 is 2.15 bits per heavy atom. The number of hydrogen-bond acceptors (Lipinski definition) is 6. The molecule has 1 fully saturated rings. The van der Waals surface area contributed by atoms with Gasteiger partial charge < -0.3 is 14.6 Å². The molecule has 3 unspecified atom stereocenters. The maximum absolute atomic E-state index is 13.6. The lowest BCUT2D eigenvalue weighted by atomic mass is 9.98. The van der Waals surface area contributed by atoms with Crippen molar-refractivity contribution < 1.29 is 31.7 Å². The van der Waals surface area contributed by atoms with Crippen LogP contribution >= 0.6 is 0 Å². The second-order valence-electron chi connectivity index (χ2n) is 8.41. The number of benzene rings is 3. The minimum atomic E-state index is -2.27. The molecule has 0 saturated carbocycles. The summed E-state index contributed by atoms with van der Waals surface area (Å²) < 4.78 is 23.2. The van der Waals surface area contributed by atoms with Crippen LogP contribution in [0.3, 0.4) is 0 Å². The van der Waals surface area contributed by atoms with Crippen LogP contribution in [-0.4, -0.2) is 39.4 Å². The van der Waals surface area contributed by atoms with Crippen molar-refractivity contribution in [3.8, 4) is 11.1 Å². The molecule has 3 atom stereocenters. The monoisotopic (exact) mass is 477 g/mol. The summed E-state index contributed by atoms with van der Waals surface area (Å²) in [6.45, 7) is -0.210. The van der Waals surface area contributed by atoms with Crippen LogP contribution in [0.1, 0.15) is 29.0 Å². The minimum absolute atomic E-state index is 0.00883. The largest absolute Gasteiger partial charge is 0.544 e. The molecule has 1 aliphatic heterocycles. The van der Waals surface area contributed by atoms with Crippen LogP contribution in [0, 0.1) is 0 Å². The molecule has 3 aromatic rings. The molecule has 0 spiro atoms. The van der Waals surface area contributed by atoms with E-state index in [2.05, 4.69) is 0 Å². The Balaban J connectivity index is 1.48. The summed E-state index contributed by atoms with van der Waals surface area (Å²) >= 11 is -2.27. The van der Waals surface area contributed by atoms with E-state index in [4.69, 9.17) is 8.92 Å². The maximum Gasteiger partial charge on any atom is 0.532 e. The van der Waals surface area contributed by atoms with Gasteiger partial charge in [-0.15, -0.1) is 3.89 Å². The number of fused-ring (bicyclic) bond motifs is 3. The highest BCUT2D eigenvalue weighted by Crippen LogP contribution is 2.45. The van der Waals surface area contributed by atoms with Crippen LogP contribution in [-0.2, 0) is 31.5 Å². The smallest absolute Gasteiger partial charge is 0.532 e. The molecule has 1 saturated heterocycles. The van der Waals surface area contributed by atoms with Crippen LogP contribution < -0.4 is 5.11 Å². The quantitative estimate of drug-likeness (QED) is 0.525. The maximum atomic E-state index is 13.6. The van der Waals surface area contributed by atoms with E-state index in [1.165, 1.54) is 0 Å². The average molecular weight is 478 g/mol. The standard InChI is InChI=1S/C26H23NO6S/c28-25(29)24-14-15-33-34(31)27(24,16-18-8-2-1-3-9-18)26(30)32-17-23-21-12-6-4-10-19(21)20-11-5-7-13-22(20)23/h1-13,23-24H,14-17H2. The Morgan fingerprint density at radius 2 is 1.53 bits per heavy atom. The first-order chi connectivity index (χ1) is 16.5. The van der Waals surface area contributed by atoms with E-state index in [1.807, 2.05) is 48.5 Å². The zero-order valence-electron chi connectivity index (χ0n) is 18.3. The molecular formula is C26H23NO6S. The Morgan fingerprint density at radius 1 is 0.941 bits per heavy atom. The van der Waals surface area contributed by atoms with E-state index in [0.29, 0.717) is 5.56 Å². The number of hydrogen-bond donors (Lipinski definition) is 0. The number of carboxylic acid groups (broad SMARTS) is 1. The molecule has 8 heteroatoms. The first-order valence-corrected chi connectivity index (χ1v) is 12.1. The van der Waals surface area contributed by atoms with Gasteiger partial charge in [-0.1, -0.05) is 78.9 Å². The number of amides is 1. The summed E-state index contributed by atoms with van der Waals surface area (Å²) in [6.07, 6.45) is -0.914. The van der Waals surface area contributed by atoms with Gasteiger partial charge in [0.05, 0.1) is 6.61 Å². The number of quaternary nitrogens is 1. The average Bonchev–Trinajstić information content (AvgIpc) is 3.18. The fourth-order valence-electron chi connectivity index (χ4n) is 4.90. The van der Waals surface area contributed by atoms with Crippen LogP contribution in [0.4, 0.5) is 4.79 Å². The number of carbonyl (C=O) groups excluding carboxylic acids is 2. The van der Waals surface area contributed by atoms with Gasteiger partial charge in [0.2, 0.25) is 0 Å². The predicted octanol–water partition coefficient (Wildman–Crippen LogP) is 3.07. The summed E-state index contributed by atoms with van der Waals surface area (Å²) in [6, 6.07) is 23.3. The molecular weight excluding hydrogens is 454 g/mol. The second-order valence-corrected chi connectivity index (χ2v) is 9.73. The summed E-state index contributed by atoms with van der Waals surface area (Å²) in [4.78, 5) is 25.7. The number of aliphatic carboxylic acids is 1. The number of nitrogens with zero attached hydrogens (tertiary/aromatic N) is 1. The fourth-order valence-corrected chi connectivity index (χ4v) is 6.15. The molecule has 174 valence electrons. The van der Waals surface area contributed by atoms with Gasteiger partial charge in [0, 0.05) is 17.9 Å². The minimum Gasteiger partial charge on any atom is -0.544 e. The fraction of sp³-hybridized carbons (Fsp3) is 0.231. The van der Waals surface area contributed by atoms with E-state index < -0.39 is 33.3 Å². The molecule has 0 radical (unpaired) electrons. The third-order valence-electron chi connectivity index (χ3n) is 6.52. The topological polar surface area (TPSA) is 92.7 Å². The third kappa shape index (κ3) is 3.73. The first-order valence-electron chi connectivity index (χ1n) is 11.1. The van der Waals surface area contributed by atoms with Crippen molar-refractivity contribution >= 4 is 23.3 Å². The molecule has 34 heavy (non-hydrogen) atoms. The first kappa shape index (κ1) is 22.5. The zero-order chi connectivity index (χ0) is 23.7. The lowest BCUT2D eigenvalue weighted by molar-refractivity contribution is -0.773. The highest BCUT2D eigenvalue weighted by Gasteiger charge is 2.57. The lowest BCUT2D eigenvalue weighted by Gasteiger charge is -2.40. The number of ether oxygens (including phenoxy) is 1. The van der Waals surface area contributed by atoms with E-state index in [1.54, 1.807) is 30.3 Å². The Kier molecular flexibility index (Phi) is 6.03. The van der Waals surface area contributed by atoms with Crippen molar-refractivity contribution in [1.82, 2.24) is 0 Å². The van der Waals surface area contributed by atoms with Crippen molar-refractivity contribution in [2.24, 2.45) is 0 Å². The highest BCUT2D eigenvalue weighted by atomic mass is 32.2. The van der Waals surface area contributed by atoms with Gasteiger partial charge in [0.25, 0.3) is 0 Å². The van der Waals surface area contributed by atoms with Crippen LogP contribution in [0.2, 0.25) is 0 Å². The Bertz CT molecular complexity index is 1220. The SMILES string of the molecule is O=C([O-])C1CCOS(=O)[N+]1(Cc1ccccc1)C(=O)OCC1c2ccccc2-c2ccccc21. The molecule has 3 aromatic carbocycles. The van der Waals surface area contributed by atoms with Gasteiger partial charge in [0.15, 0.2) is 6.04 Å². The van der Waals surface area contributed by atoms with Crippen molar-refractivity contribution in [2.45, 2.75) is 24.9 Å². The Hall–Kier alpha value is -3.33. The van der Waals surface area contributed by atoms with Crippen LogP contribution in [0.15, 0.2) is 78.9 Å². The summed E-state index contributed by atoms with van der Waals surface area (Å²) in [5.41, 5.74) is 4.84. The zero-order valence-corrected chi connectivity index (χ0v) is 19.1.